The summed E-state index contributed by atoms with van der Waals surface area (Å²) in [6, 6.07) is 6.53. The normalized spacial score (nSPS) is 22.7. The number of aliphatic imine (C=N–C) groups is 1. The quantitative estimate of drug-likeness (QED) is 0.447. The number of carbonyl (C=O) groups is 1. The highest BCUT2D eigenvalue weighted by Gasteiger charge is 2.42. The molecule has 1 saturated carbocycles. The summed E-state index contributed by atoms with van der Waals surface area (Å²) in [7, 11) is 1.63. The topological polar surface area (TPSA) is 78.0 Å². The van der Waals surface area contributed by atoms with Crippen molar-refractivity contribution in [3.05, 3.63) is 29.8 Å². The van der Waals surface area contributed by atoms with Crippen LogP contribution in [-0.2, 0) is 4.79 Å². The molecule has 2 unspecified atom stereocenters. The van der Waals surface area contributed by atoms with Gasteiger partial charge in [0.1, 0.15) is 5.75 Å². The third kappa shape index (κ3) is 7.02. The SMILES string of the molecule is CCN=C(NC1CCN(CC(=O)NC)CC1)NC1CC1c1ccccc1OC(F)(F)F. The highest BCUT2D eigenvalue weighted by Crippen LogP contribution is 2.45. The number of guanidine groups is 1. The van der Waals surface area contributed by atoms with Crippen molar-refractivity contribution in [1.82, 2.24) is 20.9 Å². The van der Waals surface area contributed by atoms with Crippen molar-refractivity contribution in [2.75, 3.05) is 33.2 Å². The van der Waals surface area contributed by atoms with Gasteiger partial charge in [0.05, 0.1) is 6.54 Å². The molecule has 0 radical (unpaired) electrons. The Labute approximate surface area is 180 Å². The number of ether oxygens (including phenoxy) is 1. The number of amides is 1. The molecule has 2 aliphatic rings. The lowest BCUT2D eigenvalue weighted by molar-refractivity contribution is -0.274. The summed E-state index contributed by atoms with van der Waals surface area (Å²) in [4.78, 5) is 18.1. The zero-order valence-electron chi connectivity index (χ0n) is 17.8. The number of halogens is 3. The van der Waals surface area contributed by atoms with Gasteiger partial charge >= 0.3 is 6.36 Å². The van der Waals surface area contributed by atoms with Gasteiger partial charge in [-0.2, -0.15) is 0 Å². The van der Waals surface area contributed by atoms with Crippen molar-refractivity contribution in [3.8, 4) is 5.75 Å². The van der Waals surface area contributed by atoms with Crippen molar-refractivity contribution in [2.45, 2.75) is 50.6 Å². The third-order valence-corrected chi connectivity index (χ3v) is 5.55. The van der Waals surface area contributed by atoms with Gasteiger partial charge in [-0.25, -0.2) is 0 Å². The van der Waals surface area contributed by atoms with E-state index in [1.165, 1.54) is 12.1 Å². The number of likely N-dealkylation sites (N-methyl/N-ethyl adjacent to an activating group) is 1. The highest BCUT2D eigenvalue weighted by molar-refractivity contribution is 5.81. The van der Waals surface area contributed by atoms with Crippen molar-refractivity contribution in [2.24, 2.45) is 4.99 Å². The van der Waals surface area contributed by atoms with Crippen LogP contribution in [0.2, 0.25) is 0 Å². The van der Waals surface area contributed by atoms with E-state index in [9.17, 15) is 18.0 Å². The van der Waals surface area contributed by atoms with Crippen LogP contribution in [0.15, 0.2) is 29.3 Å². The molecule has 1 saturated heterocycles. The average Bonchev–Trinajstić information content (AvgIpc) is 3.47. The van der Waals surface area contributed by atoms with E-state index in [2.05, 4.69) is 30.6 Å². The summed E-state index contributed by atoms with van der Waals surface area (Å²) in [5, 5.41) is 9.43. The first kappa shape index (κ1) is 23.2. The number of rotatable bonds is 7. The molecule has 172 valence electrons. The van der Waals surface area contributed by atoms with Crippen LogP contribution >= 0.6 is 0 Å². The van der Waals surface area contributed by atoms with Gasteiger partial charge in [0.25, 0.3) is 0 Å². The number of nitrogens with zero attached hydrogens (tertiary/aromatic N) is 2. The molecule has 1 aliphatic heterocycles. The minimum Gasteiger partial charge on any atom is -0.405 e. The minimum atomic E-state index is -4.71. The molecule has 3 rings (SSSR count). The maximum atomic E-state index is 12.7. The summed E-state index contributed by atoms with van der Waals surface area (Å²) < 4.78 is 42.3. The Kier molecular flexibility index (Phi) is 7.64. The van der Waals surface area contributed by atoms with E-state index in [4.69, 9.17) is 0 Å². The number of hydrogen-bond donors (Lipinski definition) is 3. The molecule has 2 atom stereocenters. The Bertz CT molecular complexity index is 779. The second-order valence-electron chi connectivity index (χ2n) is 7.87. The third-order valence-electron chi connectivity index (χ3n) is 5.55. The molecular formula is C21H30F3N5O2. The molecule has 31 heavy (non-hydrogen) atoms. The first-order chi connectivity index (χ1) is 14.8. The van der Waals surface area contributed by atoms with Gasteiger partial charge in [-0.05, 0) is 37.8 Å². The molecule has 3 N–H and O–H groups in total. The van der Waals surface area contributed by atoms with Gasteiger partial charge in [0.15, 0.2) is 5.96 Å². The number of benzene rings is 1. The van der Waals surface area contributed by atoms with Crippen LogP contribution in [-0.4, -0.2) is 68.4 Å². The van der Waals surface area contributed by atoms with Crippen LogP contribution in [0, 0.1) is 0 Å². The fourth-order valence-corrected chi connectivity index (χ4v) is 3.88. The molecule has 1 aliphatic carbocycles. The molecule has 0 aromatic heterocycles. The summed E-state index contributed by atoms with van der Waals surface area (Å²) in [5.74, 6) is 0.483. The van der Waals surface area contributed by atoms with Gasteiger partial charge in [0, 0.05) is 44.7 Å². The number of para-hydroxylation sites is 1. The largest absolute Gasteiger partial charge is 0.573 e. The van der Waals surface area contributed by atoms with E-state index in [-0.39, 0.29) is 29.7 Å². The molecular weight excluding hydrogens is 411 g/mol. The maximum Gasteiger partial charge on any atom is 0.573 e. The second-order valence-corrected chi connectivity index (χ2v) is 7.87. The van der Waals surface area contributed by atoms with Gasteiger partial charge in [-0.1, -0.05) is 18.2 Å². The van der Waals surface area contributed by atoms with Crippen LogP contribution in [0.5, 0.6) is 5.75 Å². The Morgan fingerprint density at radius 2 is 1.94 bits per heavy atom. The standard InChI is InChI=1S/C21H30F3N5O2/c1-3-26-20(27-14-8-10-29(11-9-14)13-19(30)25-2)28-17-12-16(17)15-6-4-5-7-18(15)31-21(22,23)24/h4-7,14,16-17H,3,8-13H2,1-2H3,(H,25,30)(H2,26,27,28). The predicted octanol–water partition coefficient (Wildman–Crippen LogP) is 2.21. The molecule has 10 heteroatoms. The summed E-state index contributed by atoms with van der Waals surface area (Å²) in [6.45, 7) is 4.57. The van der Waals surface area contributed by atoms with E-state index in [1.54, 1.807) is 19.2 Å². The molecule has 7 nitrogen and oxygen atoms in total. The van der Waals surface area contributed by atoms with E-state index in [0.717, 1.165) is 25.9 Å². The van der Waals surface area contributed by atoms with E-state index >= 15 is 0 Å². The first-order valence-electron chi connectivity index (χ1n) is 10.6. The van der Waals surface area contributed by atoms with Gasteiger partial charge < -0.3 is 20.7 Å². The van der Waals surface area contributed by atoms with Gasteiger partial charge in [0.2, 0.25) is 5.91 Å². The minimum absolute atomic E-state index is 0.00382. The lowest BCUT2D eigenvalue weighted by Gasteiger charge is -2.32. The molecule has 0 spiro atoms. The number of hydrogen-bond acceptors (Lipinski definition) is 4. The van der Waals surface area contributed by atoms with E-state index in [0.29, 0.717) is 31.0 Å². The van der Waals surface area contributed by atoms with Crippen LogP contribution in [0.1, 0.15) is 37.7 Å². The number of carbonyl (C=O) groups excluding carboxylic acids is 1. The molecule has 1 amide bonds. The fraction of sp³-hybridized carbons (Fsp3) is 0.619. The van der Waals surface area contributed by atoms with E-state index < -0.39 is 6.36 Å². The Hall–Kier alpha value is -2.49. The summed E-state index contributed by atoms with van der Waals surface area (Å²) >= 11 is 0. The summed E-state index contributed by atoms with van der Waals surface area (Å²) in [5.41, 5.74) is 0.552. The zero-order valence-corrected chi connectivity index (χ0v) is 17.8. The van der Waals surface area contributed by atoms with Crippen LogP contribution in [0.4, 0.5) is 13.2 Å². The number of likely N-dealkylation sites (tertiary alicyclic amines) is 1. The highest BCUT2D eigenvalue weighted by atomic mass is 19.4. The smallest absolute Gasteiger partial charge is 0.405 e. The van der Waals surface area contributed by atoms with Gasteiger partial charge in [-0.3, -0.25) is 14.7 Å². The first-order valence-corrected chi connectivity index (χ1v) is 10.6. The number of piperidine rings is 1. The lowest BCUT2D eigenvalue weighted by Crippen LogP contribution is -2.50. The Balaban J connectivity index is 1.53. The summed E-state index contributed by atoms with van der Waals surface area (Å²) in [6.07, 6.45) is -2.22. The predicted molar refractivity (Wildman–Crippen MR) is 112 cm³/mol. The fourth-order valence-electron chi connectivity index (χ4n) is 3.88. The maximum absolute atomic E-state index is 12.7. The lowest BCUT2D eigenvalue weighted by atomic mass is 10.1. The molecule has 1 aromatic carbocycles. The van der Waals surface area contributed by atoms with Crippen LogP contribution in [0.25, 0.3) is 0 Å². The number of alkyl halides is 3. The van der Waals surface area contributed by atoms with Crippen LogP contribution < -0.4 is 20.7 Å². The van der Waals surface area contributed by atoms with Crippen molar-refractivity contribution in [3.63, 3.8) is 0 Å². The van der Waals surface area contributed by atoms with Crippen molar-refractivity contribution in [1.29, 1.82) is 0 Å². The van der Waals surface area contributed by atoms with Crippen molar-refractivity contribution >= 4 is 11.9 Å². The molecule has 1 aromatic rings. The average molecular weight is 441 g/mol. The second kappa shape index (κ2) is 10.2. The molecule has 1 heterocycles. The monoisotopic (exact) mass is 441 g/mol. The molecule has 2 fully saturated rings. The Morgan fingerprint density at radius 1 is 1.23 bits per heavy atom. The zero-order chi connectivity index (χ0) is 22.4. The molecule has 0 bridgehead atoms. The van der Waals surface area contributed by atoms with Gasteiger partial charge in [-0.15, -0.1) is 13.2 Å². The van der Waals surface area contributed by atoms with E-state index in [1.807, 2.05) is 6.92 Å². The van der Waals surface area contributed by atoms with Crippen molar-refractivity contribution < 1.29 is 22.7 Å². The van der Waals surface area contributed by atoms with Crippen LogP contribution in [0.3, 0.4) is 0 Å². The number of nitrogens with one attached hydrogen (secondary N) is 3. The Morgan fingerprint density at radius 3 is 2.58 bits per heavy atom.